The van der Waals surface area contributed by atoms with E-state index in [4.69, 9.17) is 21.1 Å². The van der Waals surface area contributed by atoms with Crippen molar-refractivity contribution in [3.8, 4) is 0 Å². The minimum atomic E-state index is -0.925. The fourth-order valence-electron chi connectivity index (χ4n) is 3.00. The van der Waals surface area contributed by atoms with Crippen LogP contribution in [-0.2, 0) is 25.7 Å². The Morgan fingerprint density at radius 1 is 1.29 bits per heavy atom. The topological polar surface area (TPSA) is 64.6 Å². The number of rotatable bonds is 6. The van der Waals surface area contributed by atoms with Gasteiger partial charge in [0.1, 0.15) is 12.1 Å². The zero-order valence-corrected chi connectivity index (χ0v) is 14.9. The first-order valence-electron chi connectivity index (χ1n) is 8.17. The number of carbonyl (C=O) groups is 2. The first kappa shape index (κ1) is 18.7. The van der Waals surface area contributed by atoms with E-state index in [0.29, 0.717) is 23.8 Å². The zero-order valence-electron chi connectivity index (χ0n) is 14.1. The summed E-state index contributed by atoms with van der Waals surface area (Å²) in [5.41, 5.74) is -0.104. The van der Waals surface area contributed by atoms with E-state index in [2.05, 4.69) is 12.2 Å². The molecule has 0 heterocycles. The van der Waals surface area contributed by atoms with Crippen LogP contribution in [0.5, 0.6) is 0 Å². The lowest BCUT2D eigenvalue weighted by Crippen LogP contribution is -2.57. The standard InChI is InChI=1S/C18H24ClNO4/c1-13-7-9-18(10-8-13,17(22)23-2)20-16(21)12-24-11-14-5-3-4-6-15(14)19/h3-6,13H,7-12H2,1-2H3,(H,20,21). The smallest absolute Gasteiger partial charge is 0.331 e. The van der Waals surface area contributed by atoms with Gasteiger partial charge in [-0.1, -0.05) is 36.7 Å². The number of halogens is 1. The van der Waals surface area contributed by atoms with Crippen LogP contribution in [0.4, 0.5) is 0 Å². The Morgan fingerprint density at radius 3 is 2.58 bits per heavy atom. The minimum absolute atomic E-state index is 0.125. The van der Waals surface area contributed by atoms with Crippen molar-refractivity contribution in [2.24, 2.45) is 5.92 Å². The molecule has 1 saturated carbocycles. The zero-order chi connectivity index (χ0) is 17.6. The van der Waals surface area contributed by atoms with Gasteiger partial charge in [-0.15, -0.1) is 0 Å². The predicted octanol–water partition coefficient (Wildman–Crippen LogP) is 3.09. The van der Waals surface area contributed by atoms with E-state index in [1.54, 1.807) is 6.07 Å². The van der Waals surface area contributed by atoms with Gasteiger partial charge in [0, 0.05) is 5.02 Å². The van der Waals surface area contributed by atoms with Crippen LogP contribution in [0.1, 0.15) is 38.2 Å². The average Bonchev–Trinajstić information content (AvgIpc) is 2.58. The molecule has 0 saturated heterocycles. The van der Waals surface area contributed by atoms with E-state index in [-0.39, 0.29) is 25.1 Å². The van der Waals surface area contributed by atoms with Gasteiger partial charge in [0.15, 0.2) is 0 Å². The number of hydrogen-bond acceptors (Lipinski definition) is 4. The summed E-state index contributed by atoms with van der Waals surface area (Å²) in [6, 6.07) is 7.32. The van der Waals surface area contributed by atoms with Gasteiger partial charge in [-0.05, 0) is 43.2 Å². The summed E-state index contributed by atoms with van der Waals surface area (Å²) < 4.78 is 10.3. The van der Waals surface area contributed by atoms with Gasteiger partial charge in [0.25, 0.3) is 0 Å². The van der Waals surface area contributed by atoms with Crippen molar-refractivity contribution in [3.05, 3.63) is 34.9 Å². The molecular weight excluding hydrogens is 330 g/mol. The van der Waals surface area contributed by atoms with Gasteiger partial charge in [-0.3, -0.25) is 4.79 Å². The quantitative estimate of drug-likeness (QED) is 0.798. The van der Waals surface area contributed by atoms with Gasteiger partial charge >= 0.3 is 5.97 Å². The highest BCUT2D eigenvalue weighted by Gasteiger charge is 2.43. The lowest BCUT2D eigenvalue weighted by Gasteiger charge is -2.37. The maximum absolute atomic E-state index is 12.2. The molecule has 1 aromatic carbocycles. The Balaban J connectivity index is 1.89. The van der Waals surface area contributed by atoms with Crippen LogP contribution in [-0.4, -0.2) is 31.1 Å². The highest BCUT2D eigenvalue weighted by atomic mass is 35.5. The van der Waals surface area contributed by atoms with Crippen molar-refractivity contribution in [2.45, 2.75) is 44.8 Å². The van der Waals surface area contributed by atoms with E-state index in [9.17, 15) is 9.59 Å². The molecular formula is C18H24ClNO4. The van der Waals surface area contributed by atoms with E-state index in [0.717, 1.165) is 18.4 Å². The molecule has 24 heavy (non-hydrogen) atoms. The number of hydrogen-bond donors (Lipinski definition) is 1. The molecule has 6 heteroatoms. The highest BCUT2D eigenvalue weighted by Crippen LogP contribution is 2.32. The van der Waals surface area contributed by atoms with Crippen LogP contribution < -0.4 is 5.32 Å². The predicted molar refractivity (Wildman–Crippen MR) is 91.6 cm³/mol. The molecule has 5 nitrogen and oxygen atoms in total. The van der Waals surface area contributed by atoms with Gasteiger partial charge in [0.2, 0.25) is 5.91 Å². The lowest BCUT2D eigenvalue weighted by atomic mass is 9.77. The molecule has 0 bridgehead atoms. The van der Waals surface area contributed by atoms with E-state index < -0.39 is 5.54 Å². The van der Waals surface area contributed by atoms with Gasteiger partial charge < -0.3 is 14.8 Å². The van der Waals surface area contributed by atoms with Crippen LogP contribution in [0, 0.1) is 5.92 Å². The Hall–Kier alpha value is -1.59. The van der Waals surface area contributed by atoms with Crippen LogP contribution in [0.15, 0.2) is 24.3 Å². The highest BCUT2D eigenvalue weighted by molar-refractivity contribution is 6.31. The lowest BCUT2D eigenvalue weighted by molar-refractivity contribution is -0.153. The molecule has 0 atom stereocenters. The van der Waals surface area contributed by atoms with E-state index in [1.165, 1.54) is 7.11 Å². The SMILES string of the molecule is COC(=O)C1(NC(=O)COCc2ccccc2Cl)CCC(C)CC1. The number of nitrogens with one attached hydrogen (secondary N) is 1. The van der Waals surface area contributed by atoms with Crippen molar-refractivity contribution in [3.63, 3.8) is 0 Å². The Bertz CT molecular complexity index is 582. The summed E-state index contributed by atoms with van der Waals surface area (Å²) in [6.07, 6.45) is 2.96. The molecule has 0 radical (unpaired) electrons. The number of ether oxygens (including phenoxy) is 2. The molecule has 0 spiro atoms. The number of methoxy groups -OCH3 is 1. The third-order valence-corrected chi connectivity index (χ3v) is 4.90. The molecule has 0 unspecified atom stereocenters. The molecule has 0 aliphatic heterocycles. The molecule has 1 aliphatic rings. The Labute approximate surface area is 147 Å². The number of amides is 1. The first-order valence-corrected chi connectivity index (χ1v) is 8.55. The van der Waals surface area contributed by atoms with Crippen molar-refractivity contribution < 1.29 is 19.1 Å². The Kier molecular flexibility index (Phi) is 6.63. The fraction of sp³-hybridized carbons (Fsp3) is 0.556. The Morgan fingerprint density at radius 2 is 1.96 bits per heavy atom. The number of carbonyl (C=O) groups excluding carboxylic acids is 2. The summed E-state index contributed by atoms with van der Waals surface area (Å²) >= 11 is 6.05. The minimum Gasteiger partial charge on any atom is -0.467 e. The molecule has 1 N–H and O–H groups in total. The second kappa shape index (κ2) is 8.49. The van der Waals surface area contributed by atoms with Crippen molar-refractivity contribution in [1.82, 2.24) is 5.32 Å². The van der Waals surface area contributed by atoms with E-state index in [1.807, 2.05) is 18.2 Å². The third-order valence-electron chi connectivity index (χ3n) is 4.53. The maximum atomic E-state index is 12.2. The first-order chi connectivity index (χ1) is 11.5. The van der Waals surface area contributed by atoms with Gasteiger partial charge in [-0.2, -0.15) is 0 Å². The largest absolute Gasteiger partial charge is 0.467 e. The maximum Gasteiger partial charge on any atom is 0.331 e. The molecule has 0 aromatic heterocycles. The van der Waals surface area contributed by atoms with Crippen LogP contribution >= 0.6 is 11.6 Å². The molecule has 1 aromatic rings. The summed E-state index contributed by atoms with van der Waals surface area (Å²) in [6.45, 7) is 2.27. The van der Waals surface area contributed by atoms with Crippen LogP contribution in [0.3, 0.4) is 0 Å². The second-order valence-electron chi connectivity index (χ2n) is 6.39. The van der Waals surface area contributed by atoms with E-state index >= 15 is 0 Å². The van der Waals surface area contributed by atoms with Crippen molar-refractivity contribution >= 4 is 23.5 Å². The number of benzene rings is 1. The molecule has 2 rings (SSSR count). The fourth-order valence-corrected chi connectivity index (χ4v) is 3.19. The summed E-state index contributed by atoms with van der Waals surface area (Å²) in [4.78, 5) is 24.4. The molecule has 1 aliphatic carbocycles. The van der Waals surface area contributed by atoms with Crippen molar-refractivity contribution in [1.29, 1.82) is 0 Å². The summed E-state index contributed by atoms with van der Waals surface area (Å²) in [5, 5.41) is 3.44. The monoisotopic (exact) mass is 353 g/mol. The summed E-state index contributed by atoms with van der Waals surface area (Å²) in [7, 11) is 1.35. The molecule has 1 fully saturated rings. The van der Waals surface area contributed by atoms with Gasteiger partial charge in [-0.25, -0.2) is 4.79 Å². The van der Waals surface area contributed by atoms with Gasteiger partial charge in [0.05, 0.1) is 13.7 Å². The van der Waals surface area contributed by atoms with Crippen molar-refractivity contribution in [2.75, 3.05) is 13.7 Å². The van der Waals surface area contributed by atoms with Crippen LogP contribution in [0.2, 0.25) is 5.02 Å². The normalized spacial score (nSPS) is 23.5. The number of esters is 1. The van der Waals surface area contributed by atoms with Crippen LogP contribution in [0.25, 0.3) is 0 Å². The second-order valence-corrected chi connectivity index (χ2v) is 6.80. The third kappa shape index (κ3) is 4.71. The molecule has 1 amide bonds. The molecule has 132 valence electrons. The summed E-state index contributed by atoms with van der Waals surface area (Å²) in [5.74, 6) is -0.146. The average molecular weight is 354 g/mol.